The van der Waals surface area contributed by atoms with Gasteiger partial charge in [0.15, 0.2) is 11.5 Å². The van der Waals surface area contributed by atoms with Crippen LogP contribution in [0.25, 0.3) is 0 Å². The molecule has 0 bridgehead atoms. The van der Waals surface area contributed by atoms with Crippen molar-refractivity contribution in [1.29, 1.82) is 5.26 Å². The zero-order valence-corrected chi connectivity index (χ0v) is 16.8. The first-order valence-corrected chi connectivity index (χ1v) is 9.86. The smallest absolute Gasteiger partial charge is 0.163 e. The second-order valence-electron chi connectivity index (χ2n) is 7.05. The van der Waals surface area contributed by atoms with Crippen molar-refractivity contribution >= 4 is 11.4 Å². The molecule has 2 heterocycles. The molecule has 0 radical (unpaired) electrons. The number of aromatic nitrogens is 1. The zero-order chi connectivity index (χ0) is 20.8. The molecule has 1 unspecified atom stereocenters. The molecule has 0 amide bonds. The molecule has 1 aromatic heterocycles. The van der Waals surface area contributed by atoms with Crippen molar-refractivity contribution in [1.82, 2.24) is 4.98 Å². The van der Waals surface area contributed by atoms with E-state index in [1.165, 1.54) is 0 Å². The van der Waals surface area contributed by atoms with Gasteiger partial charge >= 0.3 is 0 Å². The summed E-state index contributed by atoms with van der Waals surface area (Å²) >= 11 is 0. The predicted octanol–water partition coefficient (Wildman–Crippen LogP) is 4.47. The van der Waals surface area contributed by atoms with Crippen molar-refractivity contribution in [3.05, 3.63) is 78.1 Å². The van der Waals surface area contributed by atoms with E-state index in [1.54, 1.807) is 19.4 Å². The lowest BCUT2D eigenvalue weighted by atomic mass is 10.1. The lowest BCUT2D eigenvalue weighted by Crippen LogP contribution is -2.19. The van der Waals surface area contributed by atoms with E-state index in [1.807, 2.05) is 54.7 Å². The van der Waals surface area contributed by atoms with Gasteiger partial charge in [-0.05, 0) is 42.0 Å². The van der Waals surface area contributed by atoms with E-state index in [4.69, 9.17) is 14.2 Å². The van der Waals surface area contributed by atoms with Gasteiger partial charge in [0.05, 0.1) is 32.0 Å². The summed E-state index contributed by atoms with van der Waals surface area (Å²) < 4.78 is 17.1. The van der Waals surface area contributed by atoms with Crippen LogP contribution in [0.1, 0.15) is 17.5 Å². The van der Waals surface area contributed by atoms with Crippen LogP contribution in [-0.4, -0.2) is 31.4 Å². The van der Waals surface area contributed by atoms with Gasteiger partial charge in [-0.3, -0.25) is 4.98 Å². The highest BCUT2D eigenvalue weighted by atomic mass is 16.6. The van der Waals surface area contributed by atoms with E-state index in [9.17, 15) is 5.26 Å². The third-order valence-corrected chi connectivity index (χ3v) is 4.99. The minimum atomic E-state index is 0.0165. The van der Waals surface area contributed by atoms with Gasteiger partial charge in [0.2, 0.25) is 0 Å². The van der Waals surface area contributed by atoms with E-state index >= 15 is 0 Å². The maximum absolute atomic E-state index is 9.35. The van der Waals surface area contributed by atoms with Crippen LogP contribution < -0.4 is 14.4 Å². The number of pyridine rings is 1. The van der Waals surface area contributed by atoms with Crippen LogP contribution in [0.15, 0.2) is 67.0 Å². The fourth-order valence-electron chi connectivity index (χ4n) is 3.46. The normalized spacial score (nSPS) is 15.4. The van der Waals surface area contributed by atoms with E-state index in [-0.39, 0.29) is 6.10 Å². The van der Waals surface area contributed by atoms with Crippen molar-refractivity contribution in [3.8, 4) is 17.6 Å². The van der Waals surface area contributed by atoms with Crippen LogP contribution in [0, 0.1) is 11.3 Å². The maximum atomic E-state index is 9.35. The number of rotatable bonds is 7. The van der Waals surface area contributed by atoms with Gasteiger partial charge in [-0.2, -0.15) is 5.26 Å². The Kier molecular flexibility index (Phi) is 6.11. The summed E-state index contributed by atoms with van der Waals surface area (Å²) in [5.74, 6) is 1.36. The van der Waals surface area contributed by atoms with Crippen LogP contribution >= 0.6 is 0 Å². The Morgan fingerprint density at radius 2 is 2.03 bits per heavy atom. The minimum absolute atomic E-state index is 0.0165. The fourth-order valence-corrected chi connectivity index (χ4v) is 3.46. The number of methoxy groups -OCH3 is 1. The molecule has 152 valence electrons. The van der Waals surface area contributed by atoms with Crippen molar-refractivity contribution in [2.45, 2.75) is 19.1 Å². The first kappa shape index (κ1) is 19.7. The summed E-state index contributed by atoms with van der Waals surface area (Å²) in [6.07, 6.45) is 4.48. The fraction of sp³-hybridized carbons (Fsp3) is 0.250. The van der Waals surface area contributed by atoms with Crippen molar-refractivity contribution < 1.29 is 14.2 Å². The molecule has 3 aromatic rings. The molecule has 6 heteroatoms. The van der Waals surface area contributed by atoms with Gasteiger partial charge in [-0.15, -0.1) is 0 Å². The molecule has 0 spiro atoms. The summed E-state index contributed by atoms with van der Waals surface area (Å²) in [7, 11) is 1.64. The van der Waals surface area contributed by atoms with Gasteiger partial charge in [-0.25, -0.2) is 0 Å². The molecule has 1 fully saturated rings. The highest BCUT2D eigenvalue weighted by Gasteiger charge is 2.21. The van der Waals surface area contributed by atoms with Gasteiger partial charge in [0.25, 0.3) is 0 Å². The van der Waals surface area contributed by atoms with Crippen molar-refractivity contribution in [2.24, 2.45) is 0 Å². The third-order valence-electron chi connectivity index (χ3n) is 4.99. The summed E-state index contributed by atoms with van der Waals surface area (Å²) in [6, 6.07) is 19.6. The average Bonchev–Trinajstić information content (AvgIpc) is 3.31. The molecule has 1 saturated heterocycles. The molecule has 0 N–H and O–H groups in total. The SMILES string of the molecule is COc1ccc(N(Cc2cccnc2)c2cccc(C#N)c2)cc1OC1CCOC1. The lowest BCUT2D eigenvalue weighted by Gasteiger charge is -2.26. The number of nitrogens with zero attached hydrogens (tertiary/aromatic N) is 3. The van der Waals surface area contributed by atoms with Gasteiger partial charge in [0, 0.05) is 42.8 Å². The van der Waals surface area contributed by atoms with E-state index in [0.717, 1.165) is 23.4 Å². The number of ether oxygens (including phenoxy) is 3. The molecule has 4 rings (SSSR count). The van der Waals surface area contributed by atoms with Gasteiger partial charge < -0.3 is 19.1 Å². The molecular formula is C24H23N3O3. The Hall–Kier alpha value is -3.56. The number of nitriles is 1. The highest BCUT2D eigenvalue weighted by molar-refractivity contribution is 5.67. The van der Waals surface area contributed by atoms with Crippen LogP contribution in [0.5, 0.6) is 11.5 Å². The topological polar surface area (TPSA) is 67.6 Å². The summed E-state index contributed by atoms with van der Waals surface area (Å²) in [5.41, 5.74) is 3.51. The Balaban J connectivity index is 1.72. The van der Waals surface area contributed by atoms with Crippen molar-refractivity contribution in [2.75, 3.05) is 25.2 Å². The average molecular weight is 401 g/mol. The molecule has 30 heavy (non-hydrogen) atoms. The van der Waals surface area contributed by atoms with Crippen LogP contribution in [0.3, 0.4) is 0 Å². The Bertz CT molecular complexity index is 1030. The van der Waals surface area contributed by atoms with Crippen LogP contribution in [0.4, 0.5) is 11.4 Å². The highest BCUT2D eigenvalue weighted by Crippen LogP contribution is 2.37. The lowest BCUT2D eigenvalue weighted by molar-refractivity contribution is 0.138. The number of hydrogen-bond donors (Lipinski definition) is 0. The number of anilines is 2. The second kappa shape index (κ2) is 9.29. The third kappa shape index (κ3) is 4.53. The molecular weight excluding hydrogens is 378 g/mol. The molecule has 2 aromatic carbocycles. The minimum Gasteiger partial charge on any atom is -0.493 e. The molecule has 0 saturated carbocycles. The molecule has 1 aliphatic heterocycles. The second-order valence-corrected chi connectivity index (χ2v) is 7.05. The molecule has 6 nitrogen and oxygen atoms in total. The largest absolute Gasteiger partial charge is 0.493 e. The number of benzene rings is 2. The number of hydrogen-bond acceptors (Lipinski definition) is 6. The van der Waals surface area contributed by atoms with E-state index in [0.29, 0.717) is 36.8 Å². The van der Waals surface area contributed by atoms with Crippen molar-refractivity contribution in [3.63, 3.8) is 0 Å². The summed E-state index contributed by atoms with van der Waals surface area (Å²) in [5, 5.41) is 9.35. The van der Waals surface area contributed by atoms with E-state index < -0.39 is 0 Å². The van der Waals surface area contributed by atoms with Gasteiger partial charge in [-0.1, -0.05) is 12.1 Å². The maximum Gasteiger partial charge on any atom is 0.163 e. The molecule has 1 atom stereocenters. The van der Waals surface area contributed by atoms with Crippen LogP contribution in [-0.2, 0) is 11.3 Å². The summed E-state index contributed by atoms with van der Waals surface area (Å²) in [6.45, 7) is 1.89. The summed E-state index contributed by atoms with van der Waals surface area (Å²) in [4.78, 5) is 6.37. The van der Waals surface area contributed by atoms with E-state index in [2.05, 4.69) is 16.0 Å². The Morgan fingerprint density at radius 1 is 1.13 bits per heavy atom. The molecule has 0 aliphatic carbocycles. The monoisotopic (exact) mass is 401 g/mol. The Labute approximate surface area is 176 Å². The Morgan fingerprint density at radius 3 is 2.77 bits per heavy atom. The first-order chi connectivity index (χ1) is 14.8. The van der Waals surface area contributed by atoms with Crippen LogP contribution in [0.2, 0.25) is 0 Å². The standard InChI is InChI=1S/C24H23N3O3/c1-28-23-8-7-21(13-24(23)30-22-9-11-29-17-22)27(16-19-5-3-10-26-15-19)20-6-2-4-18(12-20)14-25/h2-8,10,12-13,15,22H,9,11,16-17H2,1H3. The zero-order valence-electron chi connectivity index (χ0n) is 16.8. The first-order valence-electron chi connectivity index (χ1n) is 9.86. The quantitative estimate of drug-likeness (QED) is 0.582. The molecule has 1 aliphatic rings. The van der Waals surface area contributed by atoms with Gasteiger partial charge in [0.1, 0.15) is 6.10 Å². The predicted molar refractivity (Wildman–Crippen MR) is 114 cm³/mol.